The van der Waals surface area contributed by atoms with Crippen molar-refractivity contribution >= 4 is 16.9 Å². The molecular formula is C27H30N2O6. The molecule has 0 spiro atoms. The minimum atomic E-state index is -0.647. The molecular weight excluding hydrogens is 448 g/mol. The minimum Gasteiger partial charge on any atom is -0.497 e. The van der Waals surface area contributed by atoms with Crippen LogP contribution in [-0.4, -0.2) is 69.3 Å². The highest BCUT2D eigenvalue weighted by Gasteiger charge is 2.44. The zero-order valence-electron chi connectivity index (χ0n) is 20.6. The van der Waals surface area contributed by atoms with Gasteiger partial charge in [-0.05, 0) is 55.3 Å². The first-order valence-electron chi connectivity index (χ1n) is 11.8. The number of nitrogens with zero attached hydrogens (tertiary/aromatic N) is 2. The number of methoxy groups -OCH3 is 2. The Morgan fingerprint density at radius 1 is 0.971 bits per heavy atom. The molecule has 5 rings (SSSR count). The summed E-state index contributed by atoms with van der Waals surface area (Å²) in [4.78, 5) is 31.6. The van der Waals surface area contributed by atoms with Crippen molar-refractivity contribution in [3.8, 4) is 11.5 Å². The van der Waals surface area contributed by atoms with E-state index in [-0.39, 0.29) is 17.1 Å². The van der Waals surface area contributed by atoms with Crippen LogP contribution in [0.5, 0.6) is 11.5 Å². The number of aryl methyl sites for hydroxylation is 2. The summed E-state index contributed by atoms with van der Waals surface area (Å²) in [6.45, 7) is 7.98. The van der Waals surface area contributed by atoms with E-state index in [0.29, 0.717) is 59.9 Å². The van der Waals surface area contributed by atoms with Gasteiger partial charge in [0, 0.05) is 31.7 Å². The molecule has 0 radical (unpaired) electrons. The van der Waals surface area contributed by atoms with E-state index in [4.69, 9.17) is 18.6 Å². The Balaban J connectivity index is 1.68. The SMILES string of the molecule is COc1ccc(OC)c(C2c3c(oc4cc(C)c(C)cc4c3=O)C(=O)N2CCN2CCOCC2)c1. The van der Waals surface area contributed by atoms with Gasteiger partial charge in [-0.25, -0.2) is 0 Å². The van der Waals surface area contributed by atoms with E-state index in [1.807, 2.05) is 32.0 Å². The molecule has 8 heteroatoms. The van der Waals surface area contributed by atoms with E-state index >= 15 is 0 Å². The normalized spacial score (nSPS) is 18.2. The molecule has 1 saturated heterocycles. The van der Waals surface area contributed by atoms with Crippen molar-refractivity contribution in [2.45, 2.75) is 19.9 Å². The Morgan fingerprint density at radius 3 is 2.43 bits per heavy atom. The Kier molecular flexibility index (Phi) is 6.25. The lowest BCUT2D eigenvalue weighted by Gasteiger charge is -2.31. The number of carbonyl (C=O) groups is 1. The number of hydrogen-bond acceptors (Lipinski definition) is 7. The van der Waals surface area contributed by atoms with Crippen molar-refractivity contribution in [2.24, 2.45) is 0 Å². The molecule has 0 aliphatic carbocycles. The van der Waals surface area contributed by atoms with E-state index in [1.54, 1.807) is 31.3 Å². The molecule has 2 aromatic carbocycles. The topological polar surface area (TPSA) is 81.5 Å². The van der Waals surface area contributed by atoms with Crippen molar-refractivity contribution in [2.75, 3.05) is 53.6 Å². The van der Waals surface area contributed by atoms with Gasteiger partial charge < -0.3 is 23.5 Å². The average molecular weight is 479 g/mol. The molecule has 1 aromatic heterocycles. The summed E-state index contributed by atoms with van der Waals surface area (Å²) in [5.74, 6) is 1.00. The smallest absolute Gasteiger partial charge is 0.290 e. The molecule has 35 heavy (non-hydrogen) atoms. The molecule has 2 aliphatic rings. The van der Waals surface area contributed by atoms with Gasteiger partial charge in [0.15, 0.2) is 5.43 Å². The van der Waals surface area contributed by atoms with Crippen LogP contribution >= 0.6 is 0 Å². The summed E-state index contributed by atoms with van der Waals surface area (Å²) < 4.78 is 22.7. The first-order chi connectivity index (χ1) is 16.9. The quantitative estimate of drug-likeness (QED) is 0.538. The lowest BCUT2D eigenvalue weighted by molar-refractivity contribution is 0.0314. The maximum atomic E-state index is 13.9. The number of hydrogen-bond donors (Lipinski definition) is 0. The Bertz CT molecular complexity index is 1340. The van der Waals surface area contributed by atoms with E-state index in [0.717, 1.165) is 24.2 Å². The van der Waals surface area contributed by atoms with E-state index in [9.17, 15) is 9.59 Å². The van der Waals surface area contributed by atoms with Gasteiger partial charge in [-0.15, -0.1) is 0 Å². The number of amides is 1. The first-order valence-corrected chi connectivity index (χ1v) is 11.8. The van der Waals surface area contributed by atoms with Crippen LogP contribution in [0.4, 0.5) is 0 Å². The summed E-state index contributed by atoms with van der Waals surface area (Å²) >= 11 is 0. The molecule has 0 N–H and O–H groups in total. The fourth-order valence-electron chi connectivity index (χ4n) is 4.96. The van der Waals surface area contributed by atoms with Crippen LogP contribution in [0.2, 0.25) is 0 Å². The van der Waals surface area contributed by atoms with Crippen molar-refractivity contribution < 1.29 is 23.4 Å². The lowest BCUT2D eigenvalue weighted by Crippen LogP contribution is -2.42. The van der Waals surface area contributed by atoms with E-state index in [2.05, 4.69) is 4.90 Å². The molecule has 2 aliphatic heterocycles. The summed E-state index contributed by atoms with van der Waals surface area (Å²) in [6.07, 6.45) is 0. The number of fused-ring (bicyclic) bond motifs is 2. The summed E-state index contributed by atoms with van der Waals surface area (Å²) in [7, 11) is 3.17. The van der Waals surface area contributed by atoms with Crippen LogP contribution in [0.15, 0.2) is 39.5 Å². The van der Waals surface area contributed by atoms with Crippen molar-refractivity contribution in [3.63, 3.8) is 0 Å². The molecule has 184 valence electrons. The summed E-state index contributed by atoms with van der Waals surface area (Å²) in [6, 6.07) is 8.46. The number of ether oxygens (including phenoxy) is 3. The van der Waals surface area contributed by atoms with Gasteiger partial charge in [0.2, 0.25) is 5.76 Å². The Morgan fingerprint density at radius 2 is 1.71 bits per heavy atom. The van der Waals surface area contributed by atoms with E-state index in [1.165, 1.54) is 0 Å². The Hall–Kier alpha value is -3.36. The third-order valence-corrected chi connectivity index (χ3v) is 7.07. The van der Waals surface area contributed by atoms with Crippen LogP contribution < -0.4 is 14.9 Å². The van der Waals surface area contributed by atoms with Gasteiger partial charge in [0.25, 0.3) is 5.91 Å². The monoisotopic (exact) mass is 478 g/mol. The zero-order valence-corrected chi connectivity index (χ0v) is 20.6. The summed E-state index contributed by atoms with van der Waals surface area (Å²) in [5, 5.41) is 0.474. The number of benzene rings is 2. The molecule has 1 unspecified atom stereocenters. The third kappa shape index (κ3) is 4.06. The fraction of sp³-hybridized carbons (Fsp3) is 0.407. The predicted molar refractivity (Wildman–Crippen MR) is 132 cm³/mol. The van der Waals surface area contributed by atoms with Crippen LogP contribution in [0.25, 0.3) is 11.0 Å². The van der Waals surface area contributed by atoms with Gasteiger partial charge in [-0.2, -0.15) is 0 Å². The second-order valence-electron chi connectivity index (χ2n) is 9.07. The largest absolute Gasteiger partial charge is 0.497 e. The summed E-state index contributed by atoms with van der Waals surface area (Å²) in [5.41, 5.74) is 3.27. The maximum Gasteiger partial charge on any atom is 0.290 e. The second kappa shape index (κ2) is 9.36. The van der Waals surface area contributed by atoms with Crippen LogP contribution in [0.1, 0.15) is 38.9 Å². The highest BCUT2D eigenvalue weighted by Crippen LogP contribution is 2.42. The van der Waals surface area contributed by atoms with Gasteiger partial charge in [0.05, 0.1) is 44.4 Å². The predicted octanol–water partition coefficient (Wildman–Crippen LogP) is 3.30. The molecule has 0 saturated carbocycles. The molecule has 8 nitrogen and oxygen atoms in total. The van der Waals surface area contributed by atoms with E-state index < -0.39 is 6.04 Å². The molecule has 3 heterocycles. The maximum absolute atomic E-state index is 13.9. The van der Waals surface area contributed by atoms with Gasteiger partial charge in [-0.1, -0.05) is 0 Å². The molecule has 1 atom stereocenters. The number of rotatable bonds is 6. The minimum absolute atomic E-state index is 0.0996. The van der Waals surface area contributed by atoms with Gasteiger partial charge >= 0.3 is 0 Å². The number of carbonyl (C=O) groups excluding carboxylic acids is 1. The third-order valence-electron chi connectivity index (χ3n) is 7.07. The van der Waals surface area contributed by atoms with Gasteiger partial charge in [-0.3, -0.25) is 14.5 Å². The molecule has 1 fully saturated rings. The highest BCUT2D eigenvalue weighted by atomic mass is 16.5. The zero-order chi connectivity index (χ0) is 24.7. The van der Waals surface area contributed by atoms with Gasteiger partial charge in [0.1, 0.15) is 17.1 Å². The average Bonchev–Trinajstić information content (AvgIpc) is 3.15. The van der Waals surface area contributed by atoms with Crippen LogP contribution in [0, 0.1) is 13.8 Å². The first kappa shape index (κ1) is 23.4. The number of morpholine rings is 1. The highest BCUT2D eigenvalue weighted by molar-refractivity contribution is 5.99. The molecule has 1 amide bonds. The fourth-order valence-corrected chi connectivity index (χ4v) is 4.96. The van der Waals surface area contributed by atoms with Crippen molar-refractivity contribution in [1.29, 1.82) is 0 Å². The van der Waals surface area contributed by atoms with Crippen molar-refractivity contribution in [3.05, 3.63) is 68.6 Å². The van der Waals surface area contributed by atoms with Crippen molar-refractivity contribution in [1.82, 2.24) is 9.80 Å². The molecule has 3 aromatic rings. The molecule has 0 bridgehead atoms. The van der Waals surface area contributed by atoms with Crippen LogP contribution in [0.3, 0.4) is 0 Å². The lowest BCUT2D eigenvalue weighted by atomic mass is 9.96. The standard InChI is InChI=1S/C27H30N2O6/c1-16-13-20-22(14-17(16)2)35-26-23(25(20)30)24(19-15-18(32-3)5-6-21(19)33-4)29(27(26)31)8-7-28-9-11-34-12-10-28/h5-6,13-15,24H,7-12H2,1-4H3. The van der Waals surface area contributed by atoms with Crippen LogP contribution in [-0.2, 0) is 4.74 Å². The Labute approximate surface area is 204 Å². The second-order valence-corrected chi connectivity index (χ2v) is 9.07.